The molecular weight excluding hydrogens is 403 g/mol. The van der Waals surface area contributed by atoms with E-state index >= 15 is 0 Å². The summed E-state index contributed by atoms with van der Waals surface area (Å²) in [6.07, 6.45) is 3.11. The van der Waals surface area contributed by atoms with Gasteiger partial charge in [-0.2, -0.15) is 0 Å². The Labute approximate surface area is 177 Å². The van der Waals surface area contributed by atoms with Crippen LogP contribution in [0.5, 0.6) is 0 Å². The molecule has 28 heavy (non-hydrogen) atoms. The summed E-state index contributed by atoms with van der Waals surface area (Å²) >= 11 is 0. The Morgan fingerprint density at radius 2 is 1.71 bits per heavy atom. The predicted molar refractivity (Wildman–Crippen MR) is 115 cm³/mol. The van der Waals surface area contributed by atoms with Gasteiger partial charge in [0.2, 0.25) is 0 Å². The number of amides is 2. The topological polar surface area (TPSA) is 92.4 Å². The Kier molecular flexibility index (Phi) is 12.8. The first-order chi connectivity index (χ1) is 12.6. The highest BCUT2D eigenvalue weighted by Gasteiger charge is 2.16. The molecule has 0 saturated heterocycles. The smallest absolute Gasteiger partial charge is 0.255 e. The fourth-order valence-corrected chi connectivity index (χ4v) is 2.37. The molecule has 0 aliphatic carbocycles. The van der Waals surface area contributed by atoms with Crippen molar-refractivity contribution >= 4 is 42.3 Å². The molecule has 0 aliphatic rings. The van der Waals surface area contributed by atoms with E-state index in [4.69, 9.17) is 4.74 Å². The van der Waals surface area contributed by atoms with E-state index in [-0.39, 0.29) is 36.6 Å². The summed E-state index contributed by atoms with van der Waals surface area (Å²) in [5, 5.41) is 8.85. The molecule has 1 aromatic carbocycles. The Morgan fingerprint density at radius 1 is 1.00 bits per heavy atom. The number of nitrogens with zero attached hydrogens (tertiary/aromatic N) is 1. The molecule has 0 radical (unpaired) electrons. The van der Waals surface area contributed by atoms with Crippen LogP contribution in [0, 0.1) is 6.92 Å². The van der Waals surface area contributed by atoms with E-state index in [1.165, 1.54) is 0 Å². The summed E-state index contributed by atoms with van der Waals surface area (Å²) in [7, 11) is 1.64. The molecule has 0 aliphatic heterocycles. The second kappa shape index (κ2) is 13.9. The van der Waals surface area contributed by atoms with Gasteiger partial charge in [0.15, 0.2) is 0 Å². The fourth-order valence-electron chi connectivity index (χ4n) is 2.37. The number of aromatic nitrogens is 1. The summed E-state index contributed by atoms with van der Waals surface area (Å²) < 4.78 is 4.95. The minimum atomic E-state index is -0.281. The molecule has 0 fully saturated rings. The van der Waals surface area contributed by atoms with Crippen molar-refractivity contribution in [3.63, 3.8) is 0 Å². The molecule has 2 rings (SSSR count). The van der Waals surface area contributed by atoms with Crippen LogP contribution in [0.25, 0.3) is 0 Å². The third-order valence-electron chi connectivity index (χ3n) is 3.77. The van der Waals surface area contributed by atoms with E-state index in [0.717, 1.165) is 12.1 Å². The van der Waals surface area contributed by atoms with Crippen LogP contribution in [0.4, 0.5) is 5.69 Å². The number of ether oxygens (including phenoxy) is 1. The number of halogens is 2. The molecule has 2 aromatic rings. The van der Waals surface area contributed by atoms with Gasteiger partial charge >= 0.3 is 0 Å². The zero-order valence-corrected chi connectivity index (χ0v) is 17.5. The van der Waals surface area contributed by atoms with Crippen LogP contribution in [-0.2, 0) is 4.74 Å². The third kappa shape index (κ3) is 7.82. The van der Waals surface area contributed by atoms with Gasteiger partial charge in [0.05, 0.1) is 17.9 Å². The first-order valence-corrected chi connectivity index (χ1v) is 8.42. The summed E-state index contributed by atoms with van der Waals surface area (Å²) in [6, 6.07) is 8.59. The third-order valence-corrected chi connectivity index (χ3v) is 3.77. The summed E-state index contributed by atoms with van der Waals surface area (Å²) in [6.45, 7) is 4.32. The maximum Gasteiger partial charge on any atom is 0.255 e. The van der Waals surface area contributed by atoms with Crippen LogP contribution >= 0.6 is 24.8 Å². The number of aryl methyl sites for hydroxylation is 1. The van der Waals surface area contributed by atoms with E-state index in [1.807, 2.05) is 13.0 Å². The monoisotopic (exact) mass is 428 g/mol. The Bertz CT molecular complexity index is 745. The van der Waals surface area contributed by atoms with Crippen molar-refractivity contribution in [3.8, 4) is 0 Å². The van der Waals surface area contributed by atoms with Gasteiger partial charge in [-0.3, -0.25) is 14.6 Å². The second-order valence-corrected chi connectivity index (χ2v) is 5.69. The van der Waals surface area contributed by atoms with Crippen LogP contribution in [-0.4, -0.2) is 50.1 Å². The standard InChI is InChI=1S/C19H24N4O3.2ClH/c1-14-4-3-5-16(19(25)22-11-10-21-12-13-26-2)17(14)23-18(24)15-6-8-20-9-7-15;;/h3-9,21H,10-13H2,1-2H3,(H,22,25)(H,23,24);2*1H. The minimum absolute atomic E-state index is 0. The number of benzene rings is 1. The molecule has 1 aromatic heterocycles. The first-order valence-electron chi connectivity index (χ1n) is 8.42. The Balaban J connectivity index is 0.00000364. The van der Waals surface area contributed by atoms with Gasteiger partial charge in [-0.1, -0.05) is 12.1 Å². The molecule has 7 nitrogen and oxygen atoms in total. The van der Waals surface area contributed by atoms with Crippen molar-refractivity contribution in [3.05, 3.63) is 59.4 Å². The lowest BCUT2D eigenvalue weighted by molar-refractivity contribution is 0.0954. The maximum atomic E-state index is 12.5. The molecule has 0 atom stereocenters. The molecular formula is C19H26Cl2N4O3. The lowest BCUT2D eigenvalue weighted by Gasteiger charge is -2.14. The number of pyridine rings is 1. The second-order valence-electron chi connectivity index (χ2n) is 5.69. The molecule has 1 heterocycles. The Hall–Kier alpha value is -2.19. The van der Waals surface area contributed by atoms with Crippen molar-refractivity contribution in [2.45, 2.75) is 6.92 Å². The highest BCUT2D eigenvalue weighted by molar-refractivity contribution is 6.09. The van der Waals surface area contributed by atoms with Crippen LogP contribution in [0.1, 0.15) is 26.3 Å². The van der Waals surface area contributed by atoms with E-state index in [2.05, 4.69) is 20.9 Å². The molecule has 0 unspecified atom stereocenters. The van der Waals surface area contributed by atoms with Crippen molar-refractivity contribution in [1.29, 1.82) is 0 Å². The van der Waals surface area contributed by atoms with E-state index < -0.39 is 0 Å². The number of rotatable bonds is 9. The van der Waals surface area contributed by atoms with Crippen molar-refractivity contribution in [1.82, 2.24) is 15.6 Å². The van der Waals surface area contributed by atoms with Crippen LogP contribution < -0.4 is 16.0 Å². The maximum absolute atomic E-state index is 12.5. The van der Waals surface area contributed by atoms with Crippen LogP contribution in [0.2, 0.25) is 0 Å². The summed E-state index contributed by atoms with van der Waals surface area (Å²) in [5.74, 6) is -0.510. The van der Waals surface area contributed by atoms with E-state index in [1.54, 1.807) is 43.8 Å². The van der Waals surface area contributed by atoms with Crippen molar-refractivity contribution in [2.75, 3.05) is 38.7 Å². The number of nitrogens with one attached hydrogen (secondary N) is 3. The zero-order valence-electron chi connectivity index (χ0n) is 15.9. The van der Waals surface area contributed by atoms with Gasteiger partial charge in [0.25, 0.3) is 11.8 Å². The number of anilines is 1. The van der Waals surface area contributed by atoms with Gasteiger partial charge in [0.1, 0.15) is 0 Å². The lowest BCUT2D eigenvalue weighted by Crippen LogP contribution is -2.33. The molecule has 3 N–H and O–H groups in total. The van der Waals surface area contributed by atoms with Gasteiger partial charge in [-0.25, -0.2) is 0 Å². The van der Waals surface area contributed by atoms with Gasteiger partial charge in [-0.15, -0.1) is 24.8 Å². The van der Waals surface area contributed by atoms with Crippen molar-refractivity contribution in [2.24, 2.45) is 0 Å². The average Bonchev–Trinajstić information content (AvgIpc) is 2.66. The quantitative estimate of drug-likeness (QED) is 0.533. The summed E-state index contributed by atoms with van der Waals surface area (Å²) in [5.41, 5.74) is 2.25. The first kappa shape index (κ1) is 25.8. The number of hydrogen-bond acceptors (Lipinski definition) is 5. The normalized spacial score (nSPS) is 9.64. The highest BCUT2D eigenvalue weighted by Crippen LogP contribution is 2.21. The molecule has 9 heteroatoms. The van der Waals surface area contributed by atoms with Crippen LogP contribution in [0.15, 0.2) is 42.7 Å². The molecule has 154 valence electrons. The fraction of sp³-hybridized carbons (Fsp3) is 0.316. The molecule has 0 spiro atoms. The largest absolute Gasteiger partial charge is 0.383 e. The number of carbonyl (C=O) groups is 2. The number of methoxy groups -OCH3 is 1. The van der Waals surface area contributed by atoms with Crippen LogP contribution in [0.3, 0.4) is 0 Å². The molecule has 0 bridgehead atoms. The van der Waals surface area contributed by atoms with Gasteiger partial charge in [-0.05, 0) is 30.7 Å². The molecule has 2 amide bonds. The lowest BCUT2D eigenvalue weighted by atomic mass is 10.1. The van der Waals surface area contributed by atoms with Crippen molar-refractivity contribution < 1.29 is 14.3 Å². The number of hydrogen-bond donors (Lipinski definition) is 3. The van der Waals surface area contributed by atoms with Gasteiger partial charge < -0.3 is 20.7 Å². The van der Waals surface area contributed by atoms with E-state index in [9.17, 15) is 9.59 Å². The minimum Gasteiger partial charge on any atom is -0.383 e. The number of carbonyl (C=O) groups excluding carboxylic acids is 2. The predicted octanol–water partition coefficient (Wildman–Crippen LogP) is 2.45. The van der Waals surface area contributed by atoms with E-state index in [0.29, 0.717) is 36.5 Å². The molecule has 0 saturated carbocycles. The number of para-hydroxylation sites is 1. The Morgan fingerprint density at radius 3 is 2.39 bits per heavy atom. The SMILES string of the molecule is COCCNCCNC(=O)c1cccc(C)c1NC(=O)c1ccncc1.Cl.Cl. The zero-order chi connectivity index (χ0) is 18.8. The highest BCUT2D eigenvalue weighted by atomic mass is 35.5. The van der Waals surface area contributed by atoms with Gasteiger partial charge in [0, 0.05) is 44.7 Å². The summed E-state index contributed by atoms with van der Waals surface area (Å²) in [4.78, 5) is 28.8. The average molecular weight is 429 g/mol.